The van der Waals surface area contributed by atoms with Crippen molar-refractivity contribution >= 4 is 22.6 Å². The minimum Gasteiger partial charge on any atom is -0.496 e. The zero-order valence-electron chi connectivity index (χ0n) is 9.33. The van der Waals surface area contributed by atoms with E-state index < -0.39 is 0 Å². The van der Waals surface area contributed by atoms with Crippen molar-refractivity contribution in [3.05, 3.63) is 51.6 Å². The maximum Gasteiger partial charge on any atom is 0.132 e. The highest BCUT2D eigenvalue weighted by Gasteiger charge is 2.10. The third kappa shape index (κ3) is 2.07. The van der Waals surface area contributed by atoms with Gasteiger partial charge in [0.15, 0.2) is 0 Å². The number of halogens is 1. The average Bonchev–Trinajstić information content (AvgIpc) is 2.31. The summed E-state index contributed by atoms with van der Waals surface area (Å²) in [5.74, 6) is 0.935. The van der Waals surface area contributed by atoms with E-state index in [1.165, 1.54) is 20.3 Å². The minimum atomic E-state index is 0.935. The molecule has 0 aliphatic rings. The van der Waals surface area contributed by atoms with E-state index in [2.05, 4.69) is 59.8 Å². The molecule has 0 spiro atoms. The van der Waals surface area contributed by atoms with E-state index >= 15 is 0 Å². The number of benzene rings is 2. The molecule has 82 valence electrons. The topological polar surface area (TPSA) is 9.23 Å². The number of rotatable bonds is 2. The first-order valence-electron chi connectivity index (χ1n) is 5.12. The molecule has 2 aromatic carbocycles. The Hall–Kier alpha value is -1.03. The number of hydrogen-bond acceptors (Lipinski definition) is 1. The molecule has 2 heteroatoms. The van der Waals surface area contributed by atoms with Gasteiger partial charge in [0.05, 0.1) is 10.7 Å². The highest BCUT2D eigenvalue weighted by Crippen LogP contribution is 2.34. The first-order chi connectivity index (χ1) is 7.74. The van der Waals surface area contributed by atoms with Crippen LogP contribution in [0.15, 0.2) is 42.5 Å². The summed E-state index contributed by atoms with van der Waals surface area (Å²) in [6.07, 6.45) is 0. The van der Waals surface area contributed by atoms with Crippen LogP contribution in [0.1, 0.15) is 5.56 Å². The monoisotopic (exact) mass is 324 g/mol. The molecule has 0 atom stereocenters. The minimum absolute atomic E-state index is 0.935. The van der Waals surface area contributed by atoms with E-state index in [4.69, 9.17) is 4.74 Å². The first kappa shape index (κ1) is 11.5. The second kappa shape index (κ2) is 4.87. The van der Waals surface area contributed by atoms with Gasteiger partial charge in [0.2, 0.25) is 0 Å². The van der Waals surface area contributed by atoms with Crippen LogP contribution < -0.4 is 4.74 Å². The highest BCUT2D eigenvalue weighted by atomic mass is 127. The van der Waals surface area contributed by atoms with Gasteiger partial charge >= 0.3 is 0 Å². The largest absolute Gasteiger partial charge is 0.496 e. The van der Waals surface area contributed by atoms with Crippen LogP contribution in [-0.2, 0) is 0 Å². The lowest BCUT2D eigenvalue weighted by atomic mass is 10.0. The van der Waals surface area contributed by atoms with Crippen LogP contribution in [0, 0.1) is 10.5 Å². The molecule has 0 saturated carbocycles. The maximum atomic E-state index is 5.35. The highest BCUT2D eigenvalue weighted by molar-refractivity contribution is 14.1. The zero-order valence-corrected chi connectivity index (χ0v) is 11.5. The van der Waals surface area contributed by atoms with Crippen molar-refractivity contribution in [1.29, 1.82) is 0 Å². The summed E-state index contributed by atoms with van der Waals surface area (Å²) in [5, 5.41) is 0. The molecule has 2 rings (SSSR count). The van der Waals surface area contributed by atoms with E-state index in [1.807, 2.05) is 12.1 Å². The molecule has 0 bridgehead atoms. The van der Waals surface area contributed by atoms with Crippen LogP contribution in [0.5, 0.6) is 5.75 Å². The molecule has 0 aromatic heterocycles. The molecule has 0 fully saturated rings. The first-order valence-corrected chi connectivity index (χ1v) is 6.20. The Kier molecular flexibility index (Phi) is 3.49. The molecule has 0 aliphatic heterocycles. The van der Waals surface area contributed by atoms with Gasteiger partial charge in [0, 0.05) is 5.56 Å². The second-order valence-corrected chi connectivity index (χ2v) is 4.72. The third-order valence-corrected chi connectivity index (χ3v) is 3.67. The van der Waals surface area contributed by atoms with Gasteiger partial charge in [-0.3, -0.25) is 0 Å². The fourth-order valence-corrected chi connectivity index (χ4v) is 2.91. The predicted octanol–water partition coefficient (Wildman–Crippen LogP) is 4.28. The Morgan fingerprint density at radius 1 is 1.00 bits per heavy atom. The van der Waals surface area contributed by atoms with E-state index in [0.717, 1.165) is 5.75 Å². The molecule has 1 nitrogen and oxygen atoms in total. The smallest absolute Gasteiger partial charge is 0.132 e. The van der Waals surface area contributed by atoms with E-state index in [1.54, 1.807) is 7.11 Å². The molecule has 0 amide bonds. The van der Waals surface area contributed by atoms with Gasteiger partial charge in [-0.05, 0) is 46.7 Å². The fraction of sp³-hybridized carbons (Fsp3) is 0.143. The molecular formula is C14H13IO. The number of ether oxygens (including phenoxy) is 1. The molecule has 2 aromatic rings. The normalized spacial score (nSPS) is 10.2. The zero-order chi connectivity index (χ0) is 11.5. The Morgan fingerprint density at radius 3 is 2.31 bits per heavy atom. The standard InChI is InChI=1S/C14H13IO/c1-10-8-9-12(16-2)14(15)13(10)11-6-4-3-5-7-11/h3-9H,1-2H3. The molecule has 0 saturated heterocycles. The fourth-order valence-electron chi connectivity index (χ4n) is 1.77. The van der Waals surface area contributed by atoms with Crippen molar-refractivity contribution in [3.63, 3.8) is 0 Å². The molecule has 0 radical (unpaired) electrons. The van der Waals surface area contributed by atoms with Gasteiger partial charge in [-0.15, -0.1) is 0 Å². The quantitative estimate of drug-likeness (QED) is 0.750. The molecule has 0 N–H and O–H groups in total. The molecule has 0 unspecified atom stereocenters. The van der Waals surface area contributed by atoms with Crippen LogP contribution in [0.25, 0.3) is 11.1 Å². The van der Waals surface area contributed by atoms with Crippen LogP contribution >= 0.6 is 22.6 Å². The third-order valence-electron chi connectivity index (χ3n) is 2.60. The van der Waals surface area contributed by atoms with E-state index in [9.17, 15) is 0 Å². The van der Waals surface area contributed by atoms with Crippen LogP contribution in [0.3, 0.4) is 0 Å². The van der Waals surface area contributed by atoms with Crippen molar-refractivity contribution in [2.24, 2.45) is 0 Å². The SMILES string of the molecule is COc1ccc(C)c(-c2ccccc2)c1I. The van der Waals surface area contributed by atoms with Gasteiger partial charge in [0.1, 0.15) is 5.75 Å². The lowest BCUT2D eigenvalue weighted by Crippen LogP contribution is -1.93. The summed E-state index contributed by atoms with van der Waals surface area (Å²) >= 11 is 2.35. The Morgan fingerprint density at radius 2 is 1.69 bits per heavy atom. The Labute approximate surface area is 110 Å². The van der Waals surface area contributed by atoms with Crippen LogP contribution in [-0.4, -0.2) is 7.11 Å². The summed E-state index contributed by atoms with van der Waals surface area (Å²) in [6.45, 7) is 2.13. The molecule has 0 heterocycles. The van der Waals surface area contributed by atoms with E-state index in [-0.39, 0.29) is 0 Å². The summed E-state index contributed by atoms with van der Waals surface area (Å²) in [4.78, 5) is 0. The van der Waals surface area contributed by atoms with E-state index in [0.29, 0.717) is 0 Å². The average molecular weight is 324 g/mol. The van der Waals surface area contributed by atoms with Crippen molar-refractivity contribution < 1.29 is 4.74 Å². The number of hydrogen-bond donors (Lipinski definition) is 0. The lowest BCUT2D eigenvalue weighted by Gasteiger charge is -2.12. The van der Waals surface area contributed by atoms with Gasteiger partial charge in [0.25, 0.3) is 0 Å². The Balaban J connectivity index is 2.64. The summed E-state index contributed by atoms with van der Waals surface area (Å²) in [5.41, 5.74) is 3.78. The van der Waals surface area contributed by atoms with Crippen molar-refractivity contribution in [1.82, 2.24) is 0 Å². The predicted molar refractivity (Wildman–Crippen MR) is 75.9 cm³/mol. The van der Waals surface area contributed by atoms with Crippen LogP contribution in [0.2, 0.25) is 0 Å². The maximum absolute atomic E-state index is 5.35. The summed E-state index contributed by atoms with van der Waals surface area (Å²) < 4.78 is 6.53. The molecular weight excluding hydrogens is 311 g/mol. The van der Waals surface area contributed by atoms with Gasteiger partial charge in [-0.1, -0.05) is 36.4 Å². The van der Waals surface area contributed by atoms with Gasteiger partial charge < -0.3 is 4.74 Å². The summed E-state index contributed by atoms with van der Waals surface area (Å²) in [7, 11) is 1.71. The second-order valence-electron chi connectivity index (χ2n) is 3.64. The number of aryl methyl sites for hydroxylation is 1. The van der Waals surface area contributed by atoms with Crippen LogP contribution in [0.4, 0.5) is 0 Å². The van der Waals surface area contributed by atoms with Gasteiger partial charge in [-0.2, -0.15) is 0 Å². The van der Waals surface area contributed by atoms with Crippen molar-refractivity contribution in [2.45, 2.75) is 6.92 Å². The molecule has 0 aliphatic carbocycles. The lowest BCUT2D eigenvalue weighted by molar-refractivity contribution is 0.412. The van der Waals surface area contributed by atoms with Crippen molar-refractivity contribution in [2.75, 3.05) is 7.11 Å². The van der Waals surface area contributed by atoms with Crippen molar-refractivity contribution in [3.8, 4) is 16.9 Å². The molecule has 16 heavy (non-hydrogen) atoms. The summed E-state index contributed by atoms with van der Waals surface area (Å²) in [6, 6.07) is 14.5. The number of methoxy groups -OCH3 is 1. The Bertz CT molecular complexity index is 492. The van der Waals surface area contributed by atoms with Gasteiger partial charge in [-0.25, -0.2) is 0 Å².